The third kappa shape index (κ3) is 4.81. The first kappa shape index (κ1) is 15.9. The maximum absolute atomic E-state index is 8.63. The Kier molecular flexibility index (Phi) is 5.83. The summed E-state index contributed by atoms with van der Waals surface area (Å²) < 4.78 is 11.0. The maximum Gasteiger partial charge on any atom is 0.119 e. The number of nitrogens with zero attached hydrogens (tertiary/aromatic N) is 1. The fraction of sp³-hybridized carbons (Fsp3) is 0.278. The predicted molar refractivity (Wildman–Crippen MR) is 87.0 cm³/mol. The Morgan fingerprint density at radius 2 is 1.82 bits per heavy atom. The number of methoxy groups -OCH3 is 1. The first-order valence-electron chi connectivity index (χ1n) is 7.23. The molecule has 0 heterocycles. The molecule has 0 saturated carbocycles. The number of ether oxygens (including phenoxy) is 2. The lowest BCUT2D eigenvalue weighted by atomic mass is 10.1. The van der Waals surface area contributed by atoms with Gasteiger partial charge in [-0.25, -0.2) is 0 Å². The lowest BCUT2D eigenvalue weighted by molar-refractivity contribution is 0.305. The maximum atomic E-state index is 8.63. The summed E-state index contributed by atoms with van der Waals surface area (Å²) >= 11 is 0. The zero-order valence-corrected chi connectivity index (χ0v) is 13.0. The molecule has 2 rings (SSSR count). The van der Waals surface area contributed by atoms with Crippen LogP contribution in [0.5, 0.6) is 11.5 Å². The van der Waals surface area contributed by atoms with E-state index < -0.39 is 0 Å². The second-order valence-corrected chi connectivity index (χ2v) is 5.12. The van der Waals surface area contributed by atoms with Crippen LogP contribution in [0.2, 0.25) is 0 Å². The van der Waals surface area contributed by atoms with Crippen LogP contribution in [0, 0.1) is 0 Å². The van der Waals surface area contributed by atoms with Gasteiger partial charge in [0.25, 0.3) is 0 Å². The Balaban J connectivity index is 1.88. The summed E-state index contributed by atoms with van der Waals surface area (Å²) in [6.45, 7) is 2.32. The monoisotopic (exact) mass is 299 g/mol. The third-order valence-electron chi connectivity index (χ3n) is 3.41. The SMILES string of the molecule is COc1cccc(COc2ccc(CC/C(C)=N/O)cc2)c1. The largest absolute Gasteiger partial charge is 0.497 e. The molecule has 0 spiro atoms. The molecule has 4 heteroatoms. The number of hydrogen-bond acceptors (Lipinski definition) is 4. The predicted octanol–water partition coefficient (Wildman–Crippen LogP) is 4.06. The molecule has 0 fully saturated rings. The molecule has 0 amide bonds. The lowest BCUT2D eigenvalue weighted by Gasteiger charge is -2.08. The molecule has 0 aromatic heterocycles. The molecular formula is C18H21NO3. The summed E-state index contributed by atoms with van der Waals surface area (Å²) in [6, 6.07) is 15.8. The van der Waals surface area contributed by atoms with Gasteiger partial charge in [-0.3, -0.25) is 0 Å². The highest BCUT2D eigenvalue weighted by Crippen LogP contribution is 2.17. The summed E-state index contributed by atoms with van der Waals surface area (Å²) in [4.78, 5) is 0. The van der Waals surface area contributed by atoms with Crippen molar-refractivity contribution < 1.29 is 14.7 Å². The molecule has 0 aliphatic rings. The van der Waals surface area contributed by atoms with Crippen molar-refractivity contribution in [2.45, 2.75) is 26.4 Å². The first-order chi connectivity index (χ1) is 10.7. The van der Waals surface area contributed by atoms with E-state index >= 15 is 0 Å². The molecule has 0 unspecified atom stereocenters. The highest BCUT2D eigenvalue weighted by atomic mass is 16.5. The van der Waals surface area contributed by atoms with E-state index in [-0.39, 0.29) is 0 Å². The number of aryl methyl sites for hydroxylation is 1. The van der Waals surface area contributed by atoms with Gasteiger partial charge in [0.2, 0.25) is 0 Å². The quantitative estimate of drug-likeness (QED) is 0.476. The number of rotatable bonds is 7. The minimum Gasteiger partial charge on any atom is -0.497 e. The molecule has 0 aliphatic heterocycles. The molecule has 22 heavy (non-hydrogen) atoms. The Bertz CT molecular complexity index is 620. The van der Waals surface area contributed by atoms with Crippen molar-refractivity contribution in [3.05, 3.63) is 59.7 Å². The van der Waals surface area contributed by atoms with Gasteiger partial charge in [0.1, 0.15) is 18.1 Å². The topological polar surface area (TPSA) is 51.0 Å². The molecular weight excluding hydrogens is 278 g/mol. The highest BCUT2D eigenvalue weighted by molar-refractivity contribution is 5.81. The smallest absolute Gasteiger partial charge is 0.119 e. The van der Waals surface area contributed by atoms with Crippen LogP contribution in [0.25, 0.3) is 0 Å². The van der Waals surface area contributed by atoms with Gasteiger partial charge in [-0.15, -0.1) is 0 Å². The van der Waals surface area contributed by atoms with Crippen molar-refractivity contribution in [2.24, 2.45) is 5.16 Å². The van der Waals surface area contributed by atoms with E-state index in [1.807, 2.05) is 55.5 Å². The average Bonchev–Trinajstić information content (AvgIpc) is 2.58. The Labute approximate surface area is 131 Å². The van der Waals surface area contributed by atoms with E-state index in [1.165, 1.54) is 5.56 Å². The van der Waals surface area contributed by atoms with E-state index in [9.17, 15) is 0 Å². The van der Waals surface area contributed by atoms with E-state index in [1.54, 1.807) is 7.11 Å². The number of oxime groups is 1. The lowest BCUT2D eigenvalue weighted by Crippen LogP contribution is -1.97. The minimum absolute atomic E-state index is 0.507. The normalized spacial score (nSPS) is 11.3. The number of hydrogen-bond donors (Lipinski definition) is 1. The van der Waals surface area contributed by atoms with Crippen LogP contribution in [0.3, 0.4) is 0 Å². The third-order valence-corrected chi connectivity index (χ3v) is 3.41. The Hall–Kier alpha value is -2.49. The van der Waals surface area contributed by atoms with Crippen molar-refractivity contribution in [3.8, 4) is 11.5 Å². The van der Waals surface area contributed by atoms with E-state index in [2.05, 4.69) is 5.16 Å². The molecule has 116 valence electrons. The summed E-state index contributed by atoms with van der Waals surface area (Å²) in [5.74, 6) is 1.66. The van der Waals surface area contributed by atoms with Crippen LogP contribution in [0.4, 0.5) is 0 Å². The van der Waals surface area contributed by atoms with Gasteiger partial charge in [-0.1, -0.05) is 29.4 Å². The Morgan fingerprint density at radius 3 is 2.50 bits per heavy atom. The van der Waals surface area contributed by atoms with Gasteiger partial charge in [-0.05, 0) is 55.2 Å². The second-order valence-electron chi connectivity index (χ2n) is 5.12. The van der Waals surface area contributed by atoms with Crippen LogP contribution >= 0.6 is 0 Å². The van der Waals surface area contributed by atoms with Gasteiger partial charge >= 0.3 is 0 Å². The van der Waals surface area contributed by atoms with Gasteiger partial charge in [-0.2, -0.15) is 0 Å². The summed E-state index contributed by atoms with van der Waals surface area (Å²) in [6.07, 6.45) is 1.60. The first-order valence-corrected chi connectivity index (χ1v) is 7.23. The van der Waals surface area contributed by atoms with Crippen LogP contribution in [-0.2, 0) is 13.0 Å². The molecule has 1 N–H and O–H groups in total. The van der Waals surface area contributed by atoms with Crippen LogP contribution in [-0.4, -0.2) is 18.0 Å². The van der Waals surface area contributed by atoms with Crippen LogP contribution in [0.15, 0.2) is 53.7 Å². The molecule has 0 atom stereocenters. The molecule has 4 nitrogen and oxygen atoms in total. The van der Waals surface area contributed by atoms with Crippen molar-refractivity contribution in [2.75, 3.05) is 7.11 Å². The number of benzene rings is 2. The Morgan fingerprint density at radius 1 is 1.05 bits per heavy atom. The zero-order chi connectivity index (χ0) is 15.8. The highest BCUT2D eigenvalue weighted by Gasteiger charge is 2.00. The minimum atomic E-state index is 0.507. The van der Waals surface area contributed by atoms with E-state index in [0.29, 0.717) is 6.61 Å². The summed E-state index contributed by atoms with van der Waals surface area (Å²) in [5.41, 5.74) is 2.99. The van der Waals surface area contributed by atoms with E-state index in [0.717, 1.165) is 35.6 Å². The summed E-state index contributed by atoms with van der Waals surface area (Å²) in [7, 11) is 1.65. The van der Waals surface area contributed by atoms with Gasteiger partial charge in [0.05, 0.1) is 12.8 Å². The van der Waals surface area contributed by atoms with Crippen molar-refractivity contribution in [1.29, 1.82) is 0 Å². The van der Waals surface area contributed by atoms with Gasteiger partial charge in [0.15, 0.2) is 0 Å². The molecule has 2 aromatic rings. The zero-order valence-electron chi connectivity index (χ0n) is 13.0. The molecule has 0 aliphatic carbocycles. The second kappa shape index (κ2) is 8.08. The fourth-order valence-corrected chi connectivity index (χ4v) is 2.06. The molecule has 0 radical (unpaired) electrons. The van der Waals surface area contributed by atoms with Crippen molar-refractivity contribution >= 4 is 5.71 Å². The summed E-state index contributed by atoms with van der Waals surface area (Å²) in [5, 5.41) is 11.8. The molecule has 2 aromatic carbocycles. The van der Waals surface area contributed by atoms with Crippen molar-refractivity contribution in [3.63, 3.8) is 0 Å². The van der Waals surface area contributed by atoms with Crippen molar-refractivity contribution in [1.82, 2.24) is 0 Å². The molecule has 0 bridgehead atoms. The standard InChI is InChI=1S/C18H21NO3/c1-14(19-20)6-7-15-8-10-17(11-9-15)22-13-16-4-3-5-18(12-16)21-2/h3-5,8-12,20H,6-7,13H2,1-2H3/b19-14+. The van der Waals surface area contributed by atoms with Gasteiger partial charge in [0, 0.05) is 0 Å². The van der Waals surface area contributed by atoms with E-state index in [4.69, 9.17) is 14.7 Å². The average molecular weight is 299 g/mol. The van der Waals surface area contributed by atoms with Gasteiger partial charge < -0.3 is 14.7 Å². The van der Waals surface area contributed by atoms with Crippen LogP contribution < -0.4 is 9.47 Å². The fourth-order valence-electron chi connectivity index (χ4n) is 2.06. The molecule has 0 saturated heterocycles. The van der Waals surface area contributed by atoms with Crippen LogP contribution in [0.1, 0.15) is 24.5 Å².